The second-order valence-electron chi connectivity index (χ2n) is 5.00. The van der Waals surface area contributed by atoms with E-state index in [0.717, 1.165) is 6.92 Å². The third-order valence-electron chi connectivity index (χ3n) is 2.96. The lowest BCUT2D eigenvalue weighted by molar-refractivity contribution is -0.132. The fourth-order valence-electron chi connectivity index (χ4n) is 1.98. The van der Waals surface area contributed by atoms with Crippen LogP contribution < -0.4 is 9.47 Å². The molecule has 0 heterocycles. The van der Waals surface area contributed by atoms with Gasteiger partial charge in [-0.2, -0.15) is 0 Å². The first-order chi connectivity index (χ1) is 12.3. The first-order valence-corrected chi connectivity index (χ1v) is 7.67. The highest BCUT2D eigenvalue weighted by Gasteiger charge is 2.23. The zero-order valence-corrected chi connectivity index (χ0v) is 14.5. The first-order valence-electron chi connectivity index (χ1n) is 7.30. The van der Waals surface area contributed by atoms with Crippen LogP contribution in [0.15, 0.2) is 42.5 Å². The molecule has 0 aliphatic rings. The number of rotatable bonds is 4. The van der Waals surface area contributed by atoms with Gasteiger partial charge in [0.1, 0.15) is 22.6 Å². The zero-order chi connectivity index (χ0) is 19.3. The van der Waals surface area contributed by atoms with Gasteiger partial charge in [-0.05, 0) is 30.3 Å². The van der Waals surface area contributed by atoms with E-state index in [-0.39, 0.29) is 27.6 Å². The molecule has 0 aromatic heterocycles. The summed E-state index contributed by atoms with van der Waals surface area (Å²) in [5.41, 5.74) is -0.321. The van der Waals surface area contributed by atoms with Crippen LogP contribution in [-0.2, 0) is 14.3 Å². The topological polar surface area (TPSA) is 96.0 Å². The fraction of sp³-hybridized carbons (Fsp3) is 0.111. The average molecular weight is 377 g/mol. The normalized spacial score (nSPS) is 9.96. The van der Waals surface area contributed by atoms with Crippen LogP contribution in [0.4, 0.5) is 0 Å². The maximum atomic E-state index is 12.3. The second-order valence-corrected chi connectivity index (χ2v) is 5.44. The molecule has 0 saturated carbocycles. The number of halogens is 1. The maximum Gasteiger partial charge on any atom is 0.349 e. The molecular weight excluding hydrogens is 364 g/mol. The van der Waals surface area contributed by atoms with Crippen molar-refractivity contribution in [1.82, 2.24) is 0 Å². The Bertz CT molecular complexity index is 889. The van der Waals surface area contributed by atoms with Crippen molar-refractivity contribution in [1.29, 1.82) is 0 Å². The minimum absolute atomic E-state index is 0.0518. The number of hydrogen-bond donors (Lipinski definition) is 0. The molecular formula is C18H13ClO7. The van der Waals surface area contributed by atoms with Crippen LogP contribution in [0, 0.1) is 0 Å². The van der Waals surface area contributed by atoms with Crippen LogP contribution >= 0.6 is 11.6 Å². The lowest BCUT2D eigenvalue weighted by Gasteiger charge is -2.10. The van der Waals surface area contributed by atoms with E-state index in [0.29, 0.717) is 0 Å². The van der Waals surface area contributed by atoms with E-state index in [9.17, 15) is 19.2 Å². The molecule has 2 aromatic rings. The van der Waals surface area contributed by atoms with Crippen LogP contribution in [0.3, 0.4) is 0 Å². The Kier molecular flexibility index (Phi) is 6.08. The van der Waals surface area contributed by atoms with Crippen molar-refractivity contribution in [2.24, 2.45) is 0 Å². The molecule has 0 saturated heterocycles. The second kappa shape index (κ2) is 8.26. The summed E-state index contributed by atoms with van der Waals surface area (Å²) in [5.74, 6) is -3.57. The summed E-state index contributed by atoms with van der Waals surface area (Å²) in [4.78, 5) is 46.8. The molecule has 0 aliphatic carbocycles. The SMILES string of the molecule is CC(=O)Oc1ccccc1C(=O)OC(=O)c1cc(Cl)ccc1OC(C)=O. The number of para-hydroxylation sites is 1. The zero-order valence-electron chi connectivity index (χ0n) is 13.8. The van der Waals surface area contributed by atoms with Gasteiger partial charge in [0.25, 0.3) is 0 Å². The van der Waals surface area contributed by atoms with Gasteiger partial charge in [0, 0.05) is 18.9 Å². The van der Waals surface area contributed by atoms with Crippen LogP contribution in [0.25, 0.3) is 0 Å². The molecule has 134 valence electrons. The monoisotopic (exact) mass is 376 g/mol. The summed E-state index contributed by atoms with van der Waals surface area (Å²) in [5, 5.41) is 0.181. The highest BCUT2D eigenvalue weighted by molar-refractivity contribution is 6.31. The van der Waals surface area contributed by atoms with E-state index in [1.165, 1.54) is 43.3 Å². The van der Waals surface area contributed by atoms with Gasteiger partial charge in [0.05, 0.1) is 0 Å². The van der Waals surface area contributed by atoms with Gasteiger partial charge in [-0.3, -0.25) is 9.59 Å². The Balaban J connectivity index is 2.28. The highest BCUT2D eigenvalue weighted by Crippen LogP contribution is 2.25. The number of carbonyl (C=O) groups excluding carboxylic acids is 4. The van der Waals surface area contributed by atoms with E-state index in [1.807, 2.05) is 0 Å². The molecule has 0 aliphatic heterocycles. The number of hydrogen-bond acceptors (Lipinski definition) is 7. The molecule has 8 heteroatoms. The molecule has 26 heavy (non-hydrogen) atoms. The van der Waals surface area contributed by atoms with E-state index < -0.39 is 23.9 Å². The van der Waals surface area contributed by atoms with Crippen molar-refractivity contribution in [3.63, 3.8) is 0 Å². The molecule has 0 bridgehead atoms. The molecule has 2 aromatic carbocycles. The van der Waals surface area contributed by atoms with Crippen molar-refractivity contribution >= 4 is 35.5 Å². The molecule has 0 amide bonds. The molecule has 7 nitrogen and oxygen atoms in total. The molecule has 0 radical (unpaired) electrons. The van der Waals surface area contributed by atoms with E-state index >= 15 is 0 Å². The van der Waals surface area contributed by atoms with Crippen LogP contribution in [0.2, 0.25) is 5.02 Å². The standard InChI is InChI=1S/C18H13ClO7/c1-10(20)24-15-6-4-3-5-13(15)17(22)26-18(23)14-9-12(19)7-8-16(14)25-11(2)21/h3-9H,1-2H3. The highest BCUT2D eigenvalue weighted by atomic mass is 35.5. The Morgan fingerprint density at radius 1 is 0.769 bits per heavy atom. The molecule has 0 unspecified atom stereocenters. The molecule has 0 atom stereocenters. The molecule has 0 N–H and O–H groups in total. The summed E-state index contributed by atoms with van der Waals surface area (Å²) in [6.45, 7) is 2.33. The smallest absolute Gasteiger partial charge is 0.349 e. The summed E-state index contributed by atoms with van der Waals surface area (Å²) in [7, 11) is 0. The van der Waals surface area contributed by atoms with Gasteiger partial charge in [-0.25, -0.2) is 9.59 Å². The summed E-state index contributed by atoms with van der Waals surface area (Å²) >= 11 is 5.84. The van der Waals surface area contributed by atoms with Gasteiger partial charge in [-0.15, -0.1) is 0 Å². The predicted octanol–water partition coefficient (Wildman–Crippen LogP) is 3.19. The minimum Gasteiger partial charge on any atom is -0.426 e. The Hall–Kier alpha value is -3.19. The minimum atomic E-state index is -1.08. The number of ether oxygens (including phenoxy) is 3. The van der Waals surface area contributed by atoms with Crippen LogP contribution in [0.5, 0.6) is 11.5 Å². The van der Waals surface area contributed by atoms with Gasteiger partial charge in [0.15, 0.2) is 0 Å². The molecule has 2 rings (SSSR count). The number of esters is 4. The first kappa shape index (κ1) is 19.1. The Morgan fingerprint density at radius 3 is 1.92 bits per heavy atom. The van der Waals surface area contributed by atoms with E-state index in [1.54, 1.807) is 6.07 Å². The summed E-state index contributed by atoms with van der Waals surface area (Å²) < 4.78 is 14.6. The van der Waals surface area contributed by atoms with Gasteiger partial charge >= 0.3 is 23.9 Å². The van der Waals surface area contributed by atoms with Crippen molar-refractivity contribution < 1.29 is 33.4 Å². The van der Waals surface area contributed by atoms with Crippen molar-refractivity contribution in [3.05, 3.63) is 58.6 Å². The largest absolute Gasteiger partial charge is 0.426 e. The molecule has 0 fully saturated rings. The predicted molar refractivity (Wildman–Crippen MR) is 90.3 cm³/mol. The third-order valence-corrected chi connectivity index (χ3v) is 3.20. The van der Waals surface area contributed by atoms with Gasteiger partial charge in [-0.1, -0.05) is 23.7 Å². The van der Waals surface area contributed by atoms with Gasteiger partial charge < -0.3 is 14.2 Å². The van der Waals surface area contributed by atoms with E-state index in [4.69, 9.17) is 25.8 Å². The Morgan fingerprint density at radius 2 is 1.31 bits per heavy atom. The molecule has 0 spiro atoms. The summed E-state index contributed by atoms with van der Waals surface area (Å²) in [6, 6.07) is 9.69. The van der Waals surface area contributed by atoms with Crippen LogP contribution in [-0.4, -0.2) is 23.9 Å². The number of carbonyl (C=O) groups is 4. The average Bonchev–Trinajstić information content (AvgIpc) is 2.55. The summed E-state index contributed by atoms with van der Waals surface area (Å²) in [6.07, 6.45) is 0. The van der Waals surface area contributed by atoms with Crippen LogP contribution in [0.1, 0.15) is 34.6 Å². The van der Waals surface area contributed by atoms with Crippen molar-refractivity contribution in [3.8, 4) is 11.5 Å². The maximum absolute atomic E-state index is 12.3. The Labute approximate surface area is 153 Å². The van der Waals surface area contributed by atoms with E-state index in [2.05, 4.69) is 0 Å². The lowest BCUT2D eigenvalue weighted by Crippen LogP contribution is -2.16. The quantitative estimate of drug-likeness (QED) is 0.459. The van der Waals surface area contributed by atoms with Crippen molar-refractivity contribution in [2.45, 2.75) is 13.8 Å². The number of benzene rings is 2. The fourth-order valence-corrected chi connectivity index (χ4v) is 2.15. The van der Waals surface area contributed by atoms with Gasteiger partial charge in [0.2, 0.25) is 0 Å². The third kappa shape index (κ3) is 4.90. The van der Waals surface area contributed by atoms with Crippen molar-refractivity contribution in [2.75, 3.05) is 0 Å². The lowest BCUT2D eigenvalue weighted by atomic mass is 10.2.